The summed E-state index contributed by atoms with van der Waals surface area (Å²) < 4.78 is 0. The Morgan fingerprint density at radius 2 is 1.94 bits per heavy atom. The number of rotatable bonds is 2. The summed E-state index contributed by atoms with van der Waals surface area (Å²) in [6.07, 6.45) is 0. The number of aliphatic imine (C=N–C) groups is 1. The molecule has 0 N–H and O–H groups in total. The van der Waals surface area contributed by atoms with Gasteiger partial charge in [0, 0.05) is 20.2 Å². The van der Waals surface area contributed by atoms with Gasteiger partial charge < -0.3 is 4.90 Å². The van der Waals surface area contributed by atoms with Gasteiger partial charge in [0.15, 0.2) is 0 Å². The fraction of sp³-hybridized carbons (Fsp3) is 0.273. The fourth-order valence-corrected chi connectivity index (χ4v) is 1.12. The highest BCUT2D eigenvalue weighted by atomic mass is 16.6. The topological polar surface area (TPSA) is 75.8 Å². The largest absolute Gasteiger partial charge is 0.366 e. The van der Waals surface area contributed by atoms with Crippen LogP contribution in [0.3, 0.4) is 0 Å². The molecule has 0 aliphatic carbocycles. The molecule has 0 heterocycles. The van der Waals surface area contributed by atoms with E-state index in [2.05, 4.69) is 4.99 Å². The van der Waals surface area contributed by atoms with Gasteiger partial charge in [0.1, 0.15) is 11.4 Å². The number of carbonyl (C=O) groups excluding carboxylic acids is 1. The maximum Gasteiger partial charge on any atom is 0.285 e. The van der Waals surface area contributed by atoms with Gasteiger partial charge in [0.25, 0.3) is 11.6 Å². The normalized spacial score (nSPS) is 11.1. The summed E-state index contributed by atoms with van der Waals surface area (Å²) in [6, 6.07) is 5.76. The second kappa shape index (κ2) is 5.20. The highest BCUT2D eigenvalue weighted by Gasteiger charge is 2.18. The fourth-order valence-electron chi connectivity index (χ4n) is 1.12. The molecule has 0 spiro atoms. The lowest BCUT2D eigenvalue weighted by Crippen LogP contribution is -2.20. The van der Waals surface area contributed by atoms with Crippen LogP contribution in [-0.2, 0) is 0 Å². The van der Waals surface area contributed by atoms with Crippen LogP contribution in [0, 0.1) is 10.1 Å². The maximum atomic E-state index is 11.8. The highest BCUT2D eigenvalue weighted by Crippen LogP contribution is 2.18. The summed E-state index contributed by atoms with van der Waals surface area (Å²) >= 11 is 0. The monoisotopic (exact) mass is 235 g/mol. The Bertz CT molecular complexity index is 481. The third-order valence-corrected chi connectivity index (χ3v) is 2.24. The van der Waals surface area contributed by atoms with Gasteiger partial charge in [-0.05, 0) is 13.0 Å². The molecule has 0 aliphatic rings. The van der Waals surface area contributed by atoms with Crippen LogP contribution in [-0.4, -0.2) is 35.7 Å². The third-order valence-electron chi connectivity index (χ3n) is 2.24. The van der Waals surface area contributed by atoms with Crippen molar-refractivity contribution in [2.75, 3.05) is 14.1 Å². The van der Waals surface area contributed by atoms with Gasteiger partial charge >= 0.3 is 0 Å². The average molecular weight is 235 g/mol. The molecule has 0 saturated heterocycles. The first-order chi connectivity index (χ1) is 7.93. The van der Waals surface area contributed by atoms with Crippen LogP contribution in [0.2, 0.25) is 0 Å². The van der Waals surface area contributed by atoms with Crippen LogP contribution in [0.5, 0.6) is 0 Å². The van der Waals surface area contributed by atoms with Gasteiger partial charge in [0.05, 0.1) is 4.92 Å². The van der Waals surface area contributed by atoms with E-state index in [1.807, 2.05) is 0 Å². The number of amides is 1. The second-order valence-corrected chi connectivity index (χ2v) is 3.63. The van der Waals surface area contributed by atoms with Gasteiger partial charge in [-0.15, -0.1) is 0 Å². The second-order valence-electron chi connectivity index (χ2n) is 3.63. The van der Waals surface area contributed by atoms with E-state index in [0.717, 1.165) is 0 Å². The van der Waals surface area contributed by atoms with Crippen molar-refractivity contribution in [3.8, 4) is 0 Å². The van der Waals surface area contributed by atoms with E-state index in [0.29, 0.717) is 5.84 Å². The molecule has 1 rings (SSSR count). The van der Waals surface area contributed by atoms with Crippen molar-refractivity contribution in [2.45, 2.75) is 6.92 Å². The minimum Gasteiger partial charge on any atom is -0.366 e. The number of para-hydroxylation sites is 1. The number of benzene rings is 1. The molecule has 90 valence electrons. The third kappa shape index (κ3) is 3.10. The van der Waals surface area contributed by atoms with E-state index >= 15 is 0 Å². The van der Waals surface area contributed by atoms with Gasteiger partial charge in [-0.1, -0.05) is 12.1 Å². The van der Waals surface area contributed by atoms with Crippen LogP contribution in [0.15, 0.2) is 29.3 Å². The molecule has 17 heavy (non-hydrogen) atoms. The van der Waals surface area contributed by atoms with E-state index in [1.54, 1.807) is 32.0 Å². The first kappa shape index (κ1) is 12.8. The van der Waals surface area contributed by atoms with Gasteiger partial charge in [-0.25, -0.2) is 0 Å². The zero-order valence-corrected chi connectivity index (χ0v) is 9.88. The van der Waals surface area contributed by atoms with E-state index in [1.165, 1.54) is 18.2 Å². The minimum absolute atomic E-state index is 0.00120. The molecule has 0 aliphatic heterocycles. The number of hydrogen-bond acceptors (Lipinski definition) is 3. The van der Waals surface area contributed by atoms with Crippen molar-refractivity contribution in [3.63, 3.8) is 0 Å². The number of hydrogen-bond donors (Lipinski definition) is 0. The van der Waals surface area contributed by atoms with Gasteiger partial charge in [-0.3, -0.25) is 14.9 Å². The van der Waals surface area contributed by atoms with E-state index in [4.69, 9.17) is 0 Å². The van der Waals surface area contributed by atoms with Crippen molar-refractivity contribution in [2.24, 2.45) is 4.99 Å². The molecule has 1 amide bonds. The Hall–Kier alpha value is -2.24. The highest BCUT2D eigenvalue weighted by molar-refractivity contribution is 6.04. The lowest BCUT2D eigenvalue weighted by Gasteiger charge is -2.10. The van der Waals surface area contributed by atoms with Crippen LogP contribution in [0.1, 0.15) is 17.3 Å². The summed E-state index contributed by atoms with van der Waals surface area (Å²) in [7, 11) is 3.48. The van der Waals surface area contributed by atoms with Crippen LogP contribution in [0.25, 0.3) is 0 Å². The first-order valence-corrected chi connectivity index (χ1v) is 4.94. The Balaban J connectivity index is 3.13. The van der Waals surface area contributed by atoms with Crippen LogP contribution >= 0.6 is 0 Å². The molecule has 0 saturated carbocycles. The summed E-state index contributed by atoms with van der Waals surface area (Å²) in [5, 5.41) is 10.7. The molecule has 6 heteroatoms. The van der Waals surface area contributed by atoms with Crippen molar-refractivity contribution in [3.05, 3.63) is 39.9 Å². The molecule has 0 unspecified atom stereocenters. The Labute approximate surface area is 98.7 Å². The van der Waals surface area contributed by atoms with E-state index in [-0.39, 0.29) is 11.3 Å². The molecular weight excluding hydrogens is 222 g/mol. The summed E-state index contributed by atoms with van der Waals surface area (Å²) in [5.41, 5.74) is -0.230. The summed E-state index contributed by atoms with van der Waals surface area (Å²) in [6.45, 7) is 1.66. The lowest BCUT2D eigenvalue weighted by molar-refractivity contribution is -0.385. The minimum atomic E-state index is -0.608. The Morgan fingerprint density at radius 3 is 2.47 bits per heavy atom. The summed E-state index contributed by atoms with van der Waals surface area (Å²) in [5.74, 6) is -0.114. The quantitative estimate of drug-likeness (QED) is 0.338. The van der Waals surface area contributed by atoms with Crippen LogP contribution < -0.4 is 0 Å². The molecule has 1 aromatic rings. The Morgan fingerprint density at radius 1 is 1.35 bits per heavy atom. The number of nitro groups is 1. The number of nitrogens with zero attached hydrogens (tertiary/aromatic N) is 3. The molecular formula is C11H13N3O3. The Kier molecular flexibility index (Phi) is 3.92. The number of amidine groups is 1. The van der Waals surface area contributed by atoms with Crippen LogP contribution in [0.4, 0.5) is 5.69 Å². The molecule has 6 nitrogen and oxygen atoms in total. The SMILES string of the molecule is C/C(=N\C(=O)c1ccccc1[N+](=O)[O-])N(C)C. The van der Waals surface area contributed by atoms with E-state index < -0.39 is 10.8 Å². The van der Waals surface area contributed by atoms with Gasteiger partial charge in [-0.2, -0.15) is 4.99 Å². The molecule has 1 aromatic carbocycles. The zero-order chi connectivity index (χ0) is 13.0. The predicted molar refractivity (Wildman–Crippen MR) is 64.2 cm³/mol. The first-order valence-electron chi connectivity index (χ1n) is 4.94. The molecule has 0 bridgehead atoms. The van der Waals surface area contributed by atoms with Crippen molar-refractivity contribution >= 4 is 17.4 Å². The van der Waals surface area contributed by atoms with Crippen molar-refractivity contribution in [1.82, 2.24) is 4.90 Å². The number of carbonyl (C=O) groups is 1. The zero-order valence-electron chi connectivity index (χ0n) is 9.88. The maximum absolute atomic E-state index is 11.8. The van der Waals surface area contributed by atoms with Crippen molar-refractivity contribution < 1.29 is 9.72 Å². The average Bonchev–Trinajstić information content (AvgIpc) is 2.28. The van der Waals surface area contributed by atoms with Crippen molar-refractivity contribution in [1.29, 1.82) is 0 Å². The molecule has 0 radical (unpaired) electrons. The molecule has 0 atom stereocenters. The standard InChI is InChI=1S/C11H13N3O3/c1-8(13(2)3)12-11(15)9-6-4-5-7-10(9)14(16)17/h4-7H,1-3H3/b12-8+. The summed E-state index contributed by atoms with van der Waals surface area (Å²) in [4.78, 5) is 27.4. The lowest BCUT2D eigenvalue weighted by atomic mass is 10.2. The van der Waals surface area contributed by atoms with E-state index in [9.17, 15) is 14.9 Å². The molecule has 0 aromatic heterocycles. The number of nitro benzene ring substituents is 1. The molecule has 0 fully saturated rings. The predicted octanol–water partition coefficient (Wildman–Crippen LogP) is 1.72. The smallest absolute Gasteiger partial charge is 0.285 e. The van der Waals surface area contributed by atoms with Gasteiger partial charge in [0.2, 0.25) is 0 Å².